The van der Waals surface area contributed by atoms with Crippen LogP contribution in [-0.4, -0.2) is 29.6 Å². The molecule has 0 radical (unpaired) electrons. The van der Waals surface area contributed by atoms with Gasteiger partial charge in [-0.25, -0.2) is 0 Å². The van der Waals surface area contributed by atoms with E-state index in [4.69, 9.17) is 4.74 Å². The molecule has 1 N–H and O–H groups in total. The van der Waals surface area contributed by atoms with Gasteiger partial charge >= 0.3 is 5.69 Å². The first-order chi connectivity index (χ1) is 8.72. The molecule has 2 rings (SSSR count). The summed E-state index contributed by atoms with van der Waals surface area (Å²) in [4.78, 5) is 10.7. The first-order valence-corrected chi connectivity index (χ1v) is 6.94. The number of hydrogen-bond acceptors (Lipinski definition) is 5. The van der Waals surface area contributed by atoms with Crippen molar-refractivity contribution in [2.75, 3.05) is 24.7 Å². The predicted octanol–water partition coefficient (Wildman–Crippen LogP) is 2.91. The summed E-state index contributed by atoms with van der Waals surface area (Å²) in [5.74, 6) is 1.48. The zero-order valence-electron chi connectivity index (χ0n) is 10.2. The van der Waals surface area contributed by atoms with Crippen molar-refractivity contribution in [3.63, 3.8) is 0 Å². The summed E-state index contributed by atoms with van der Waals surface area (Å²) in [7, 11) is 1.44. The maximum atomic E-state index is 11.1. The Kier molecular flexibility index (Phi) is 4.30. The molecule has 98 valence electrons. The molecule has 1 atom stereocenters. The van der Waals surface area contributed by atoms with Crippen molar-refractivity contribution in [1.82, 2.24) is 0 Å². The third-order valence-electron chi connectivity index (χ3n) is 2.95. The first kappa shape index (κ1) is 13.0. The maximum Gasteiger partial charge on any atom is 0.333 e. The number of ether oxygens (including phenoxy) is 1. The molecule has 0 amide bonds. The van der Waals surface area contributed by atoms with E-state index in [9.17, 15) is 10.1 Å². The molecule has 0 aliphatic carbocycles. The van der Waals surface area contributed by atoms with Gasteiger partial charge in [0, 0.05) is 11.8 Å². The smallest absolute Gasteiger partial charge is 0.333 e. The van der Waals surface area contributed by atoms with Crippen LogP contribution in [-0.2, 0) is 0 Å². The number of anilines is 1. The quantitative estimate of drug-likeness (QED) is 0.657. The second-order valence-electron chi connectivity index (χ2n) is 4.13. The van der Waals surface area contributed by atoms with Gasteiger partial charge in [0.25, 0.3) is 0 Å². The number of benzene rings is 1. The number of rotatable bonds is 5. The lowest BCUT2D eigenvalue weighted by Gasteiger charge is -2.12. The van der Waals surface area contributed by atoms with Crippen LogP contribution in [0.15, 0.2) is 18.2 Å². The van der Waals surface area contributed by atoms with E-state index >= 15 is 0 Å². The Hall–Kier alpha value is -1.43. The van der Waals surface area contributed by atoms with Gasteiger partial charge < -0.3 is 10.1 Å². The van der Waals surface area contributed by atoms with Crippen LogP contribution < -0.4 is 10.1 Å². The van der Waals surface area contributed by atoms with Crippen LogP contribution in [0.4, 0.5) is 11.4 Å². The number of para-hydroxylation sites is 1. The number of nitrogens with zero attached hydrogens (tertiary/aromatic N) is 1. The molecule has 0 saturated carbocycles. The highest BCUT2D eigenvalue weighted by Gasteiger charge is 2.22. The Bertz CT molecular complexity index is 433. The SMILES string of the molecule is COc1cccc(NCC2CCCS2)c1[N+](=O)[O-]. The fourth-order valence-corrected chi connectivity index (χ4v) is 3.25. The molecule has 1 aliphatic heterocycles. The van der Waals surface area contributed by atoms with E-state index in [1.165, 1.54) is 25.7 Å². The van der Waals surface area contributed by atoms with Gasteiger partial charge in [0.05, 0.1) is 12.0 Å². The van der Waals surface area contributed by atoms with E-state index in [2.05, 4.69) is 5.32 Å². The predicted molar refractivity (Wildman–Crippen MR) is 73.6 cm³/mol. The highest BCUT2D eigenvalue weighted by molar-refractivity contribution is 8.00. The molecule has 1 fully saturated rings. The minimum atomic E-state index is -0.400. The summed E-state index contributed by atoms with van der Waals surface area (Å²) < 4.78 is 5.03. The Morgan fingerprint density at radius 1 is 1.61 bits per heavy atom. The average Bonchev–Trinajstić information content (AvgIpc) is 2.88. The van der Waals surface area contributed by atoms with Gasteiger partial charge in [0.1, 0.15) is 5.69 Å². The summed E-state index contributed by atoms with van der Waals surface area (Å²) in [6.07, 6.45) is 2.41. The summed E-state index contributed by atoms with van der Waals surface area (Å²) in [6, 6.07) is 5.09. The molecule has 1 unspecified atom stereocenters. The zero-order chi connectivity index (χ0) is 13.0. The van der Waals surface area contributed by atoms with E-state index in [0.717, 1.165) is 6.54 Å². The van der Waals surface area contributed by atoms with Crippen molar-refractivity contribution in [3.05, 3.63) is 28.3 Å². The lowest BCUT2D eigenvalue weighted by molar-refractivity contribution is -0.384. The van der Waals surface area contributed by atoms with Crippen LogP contribution in [0.3, 0.4) is 0 Å². The summed E-state index contributed by atoms with van der Waals surface area (Å²) >= 11 is 1.92. The van der Waals surface area contributed by atoms with E-state index < -0.39 is 4.92 Å². The van der Waals surface area contributed by atoms with Gasteiger partial charge in [0.2, 0.25) is 0 Å². The largest absolute Gasteiger partial charge is 0.490 e. The zero-order valence-corrected chi connectivity index (χ0v) is 11.0. The van der Waals surface area contributed by atoms with Crippen LogP contribution in [0.5, 0.6) is 5.75 Å². The van der Waals surface area contributed by atoms with Crippen LogP contribution in [0.25, 0.3) is 0 Å². The van der Waals surface area contributed by atoms with Crippen LogP contribution in [0, 0.1) is 10.1 Å². The molecule has 1 heterocycles. The fraction of sp³-hybridized carbons (Fsp3) is 0.500. The van der Waals surface area contributed by atoms with Gasteiger partial charge in [-0.15, -0.1) is 0 Å². The monoisotopic (exact) mass is 268 g/mol. The maximum absolute atomic E-state index is 11.1. The number of nitrogens with one attached hydrogen (secondary N) is 1. The van der Waals surface area contributed by atoms with E-state index in [1.807, 2.05) is 11.8 Å². The minimum absolute atomic E-state index is 0.0167. The third-order valence-corrected chi connectivity index (χ3v) is 4.34. The molecule has 6 heteroatoms. The molecule has 5 nitrogen and oxygen atoms in total. The lowest BCUT2D eigenvalue weighted by atomic mass is 10.2. The fourth-order valence-electron chi connectivity index (χ4n) is 2.05. The summed E-state index contributed by atoms with van der Waals surface area (Å²) in [5.41, 5.74) is 0.551. The summed E-state index contributed by atoms with van der Waals surface area (Å²) in [5, 5.41) is 14.8. The molecule has 1 aromatic rings. The molecule has 0 aromatic heterocycles. The van der Waals surface area contributed by atoms with E-state index in [-0.39, 0.29) is 5.69 Å². The third kappa shape index (κ3) is 2.87. The van der Waals surface area contributed by atoms with Crippen LogP contribution in [0.1, 0.15) is 12.8 Å². The Balaban J connectivity index is 2.13. The molecule has 1 saturated heterocycles. The van der Waals surface area contributed by atoms with Gasteiger partial charge in [-0.1, -0.05) is 6.07 Å². The van der Waals surface area contributed by atoms with Gasteiger partial charge in [-0.2, -0.15) is 11.8 Å². The molecule has 1 aliphatic rings. The second kappa shape index (κ2) is 5.95. The Labute approximate surface area is 110 Å². The first-order valence-electron chi connectivity index (χ1n) is 5.89. The van der Waals surface area contributed by atoms with Crippen molar-refractivity contribution in [1.29, 1.82) is 0 Å². The standard InChI is InChI=1S/C12H16N2O3S/c1-17-11-6-2-5-10(12(11)14(15)16)13-8-9-4-3-7-18-9/h2,5-6,9,13H,3-4,7-8H2,1H3. The average molecular weight is 268 g/mol. The van der Waals surface area contributed by atoms with E-state index in [1.54, 1.807) is 18.2 Å². The van der Waals surface area contributed by atoms with Crippen molar-refractivity contribution in [3.8, 4) is 5.75 Å². The van der Waals surface area contributed by atoms with Gasteiger partial charge in [-0.05, 0) is 30.7 Å². The second-order valence-corrected chi connectivity index (χ2v) is 5.54. The number of nitro benzene ring substituents is 1. The number of hydrogen-bond donors (Lipinski definition) is 1. The molecule has 1 aromatic carbocycles. The van der Waals surface area contributed by atoms with Crippen molar-refractivity contribution >= 4 is 23.1 Å². The van der Waals surface area contributed by atoms with Crippen LogP contribution >= 0.6 is 11.8 Å². The molecular weight excluding hydrogens is 252 g/mol. The van der Waals surface area contributed by atoms with Crippen molar-refractivity contribution in [2.24, 2.45) is 0 Å². The molecule has 0 bridgehead atoms. The van der Waals surface area contributed by atoms with Gasteiger partial charge in [-0.3, -0.25) is 10.1 Å². The topological polar surface area (TPSA) is 64.4 Å². The number of thioether (sulfide) groups is 1. The highest BCUT2D eigenvalue weighted by atomic mass is 32.2. The Morgan fingerprint density at radius 3 is 3.06 bits per heavy atom. The number of methoxy groups -OCH3 is 1. The van der Waals surface area contributed by atoms with Crippen LogP contribution in [0.2, 0.25) is 0 Å². The summed E-state index contributed by atoms with van der Waals surface area (Å²) in [6.45, 7) is 0.763. The minimum Gasteiger partial charge on any atom is -0.490 e. The van der Waals surface area contributed by atoms with E-state index in [0.29, 0.717) is 16.7 Å². The van der Waals surface area contributed by atoms with Crippen molar-refractivity contribution < 1.29 is 9.66 Å². The highest BCUT2D eigenvalue weighted by Crippen LogP contribution is 2.35. The number of nitro groups is 1. The molecule has 0 spiro atoms. The molecular formula is C12H16N2O3S. The van der Waals surface area contributed by atoms with Gasteiger partial charge in [0.15, 0.2) is 5.75 Å². The lowest BCUT2D eigenvalue weighted by Crippen LogP contribution is -2.14. The molecule has 18 heavy (non-hydrogen) atoms. The Morgan fingerprint density at radius 2 is 2.44 bits per heavy atom. The normalized spacial score (nSPS) is 18.6. The van der Waals surface area contributed by atoms with Crippen molar-refractivity contribution in [2.45, 2.75) is 18.1 Å².